The monoisotopic (exact) mass is 519 g/mol. The molecule has 0 fully saturated rings. The smallest absolute Gasteiger partial charge is 0.249 e. The van der Waals surface area contributed by atoms with Crippen LogP contribution in [0.25, 0.3) is 11.0 Å². The van der Waals surface area contributed by atoms with Crippen molar-refractivity contribution in [3.05, 3.63) is 78.1 Å². The van der Waals surface area contributed by atoms with Gasteiger partial charge in [0.25, 0.3) is 0 Å². The average Bonchev–Trinajstić information content (AvgIpc) is 3.29. The Morgan fingerprint density at radius 1 is 1.03 bits per heavy atom. The number of benzene rings is 3. The third kappa shape index (κ3) is 5.74. The molecule has 1 N–H and O–H groups in total. The quantitative estimate of drug-likeness (QED) is 0.373. The molecule has 1 unspecified atom stereocenters. The van der Waals surface area contributed by atoms with Crippen molar-refractivity contribution < 1.29 is 23.5 Å². The molecule has 0 aliphatic carbocycles. The minimum Gasteiger partial charge on any atom is -0.497 e. The molecule has 4 rings (SSSR count). The molecule has 4 aromatic rings. The number of halogens is 1. The van der Waals surface area contributed by atoms with Crippen molar-refractivity contribution in [3.63, 3.8) is 0 Å². The van der Waals surface area contributed by atoms with Gasteiger partial charge in [-0.2, -0.15) is 0 Å². The molecule has 0 aliphatic heterocycles. The zero-order valence-corrected chi connectivity index (χ0v) is 21.9. The van der Waals surface area contributed by atoms with Gasteiger partial charge in [0, 0.05) is 16.8 Å². The Morgan fingerprint density at radius 3 is 2.39 bits per heavy atom. The van der Waals surface area contributed by atoms with Crippen LogP contribution in [0.3, 0.4) is 0 Å². The molecule has 1 atom stereocenters. The number of anilines is 1. The first-order chi connectivity index (χ1) is 18.1. The molecule has 0 saturated heterocycles. The lowest BCUT2D eigenvalue weighted by Gasteiger charge is -2.34. The summed E-state index contributed by atoms with van der Waals surface area (Å²) in [5.74, 6) is -0.538. The third-order valence-electron chi connectivity index (χ3n) is 5.81. The highest BCUT2D eigenvalue weighted by atomic mass is 19.1. The molecule has 38 heavy (non-hydrogen) atoms. The summed E-state index contributed by atoms with van der Waals surface area (Å²) in [6.45, 7) is 5.31. The van der Waals surface area contributed by atoms with Crippen LogP contribution in [0.5, 0.6) is 11.5 Å². The van der Waals surface area contributed by atoms with Gasteiger partial charge in [-0.3, -0.25) is 14.5 Å². The molecule has 9 nitrogen and oxygen atoms in total. The fourth-order valence-corrected chi connectivity index (χ4v) is 4.17. The first-order valence-corrected chi connectivity index (χ1v) is 12.0. The number of fused-ring (bicyclic) bond motifs is 1. The number of para-hydroxylation sites is 1. The van der Waals surface area contributed by atoms with Crippen LogP contribution < -0.4 is 19.7 Å². The maximum atomic E-state index is 14.1. The predicted molar refractivity (Wildman–Crippen MR) is 142 cm³/mol. The van der Waals surface area contributed by atoms with Crippen LogP contribution in [0.1, 0.15) is 32.4 Å². The van der Waals surface area contributed by atoms with Crippen LogP contribution in [0.15, 0.2) is 66.7 Å². The number of carbonyl (C=O) groups excluding carboxylic acids is 2. The van der Waals surface area contributed by atoms with Gasteiger partial charge in [0.2, 0.25) is 11.8 Å². The van der Waals surface area contributed by atoms with Gasteiger partial charge >= 0.3 is 0 Å². The molecule has 2 amide bonds. The highest BCUT2D eigenvalue weighted by Gasteiger charge is 2.37. The number of rotatable bonds is 8. The summed E-state index contributed by atoms with van der Waals surface area (Å²) < 4.78 is 26.4. The van der Waals surface area contributed by atoms with Crippen LogP contribution in [0.4, 0.5) is 10.1 Å². The Bertz CT molecular complexity index is 1450. The third-order valence-corrected chi connectivity index (χ3v) is 5.81. The van der Waals surface area contributed by atoms with Crippen molar-refractivity contribution in [2.75, 3.05) is 19.1 Å². The number of carbonyl (C=O) groups is 2. The topological polar surface area (TPSA) is 98.6 Å². The number of amides is 2. The average molecular weight is 520 g/mol. The first-order valence-electron chi connectivity index (χ1n) is 12.0. The minimum absolute atomic E-state index is 0.219. The van der Waals surface area contributed by atoms with Gasteiger partial charge in [-0.25, -0.2) is 9.07 Å². The zero-order valence-electron chi connectivity index (χ0n) is 21.9. The molecule has 0 bridgehead atoms. The molecule has 3 aromatic carbocycles. The van der Waals surface area contributed by atoms with Crippen molar-refractivity contribution in [3.8, 4) is 11.5 Å². The van der Waals surface area contributed by atoms with Crippen molar-refractivity contribution in [2.24, 2.45) is 0 Å². The van der Waals surface area contributed by atoms with Crippen molar-refractivity contribution in [2.45, 2.75) is 38.9 Å². The van der Waals surface area contributed by atoms with Gasteiger partial charge in [0.1, 0.15) is 35.4 Å². The minimum atomic E-state index is -1.19. The molecule has 0 radical (unpaired) electrons. The van der Waals surface area contributed by atoms with Gasteiger partial charge in [-0.15, -0.1) is 5.10 Å². The molecular formula is C28H30FN5O4. The normalized spacial score (nSPS) is 12.2. The van der Waals surface area contributed by atoms with Gasteiger partial charge in [0.15, 0.2) is 0 Å². The van der Waals surface area contributed by atoms with Crippen LogP contribution >= 0.6 is 0 Å². The second-order valence-electron chi connectivity index (χ2n) is 9.73. The molecule has 198 valence electrons. The Balaban J connectivity index is 1.89. The van der Waals surface area contributed by atoms with E-state index in [9.17, 15) is 14.0 Å². The van der Waals surface area contributed by atoms with E-state index in [-0.39, 0.29) is 6.54 Å². The number of ether oxygens (including phenoxy) is 2. The van der Waals surface area contributed by atoms with E-state index in [0.717, 1.165) is 0 Å². The standard InChI is InChI=1S/C28H30FN5O4/c1-28(2,3)30-27(36)26(21-16-20(37-4)14-15-24(21)38-5)34(19-12-10-18(29)11-13-19)25(35)17-33-23-9-7-6-8-22(23)31-32-33/h6-16,26H,17H2,1-5H3,(H,30,36). The number of aromatic nitrogens is 3. The van der Waals surface area contributed by atoms with Crippen molar-refractivity contribution in [1.82, 2.24) is 20.3 Å². The molecule has 1 aromatic heterocycles. The number of hydrogen-bond acceptors (Lipinski definition) is 6. The summed E-state index contributed by atoms with van der Waals surface area (Å²) >= 11 is 0. The van der Waals surface area contributed by atoms with Crippen LogP contribution in [-0.4, -0.2) is 46.6 Å². The lowest BCUT2D eigenvalue weighted by atomic mass is 9.99. The summed E-state index contributed by atoms with van der Waals surface area (Å²) in [5, 5.41) is 11.2. The Morgan fingerprint density at radius 2 is 1.74 bits per heavy atom. The van der Waals surface area contributed by atoms with Crippen LogP contribution in [0, 0.1) is 5.82 Å². The molecule has 0 saturated carbocycles. The summed E-state index contributed by atoms with van der Waals surface area (Å²) in [7, 11) is 2.99. The van der Waals surface area contributed by atoms with E-state index in [1.54, 1.807) is 30.3 Å². The number of nitrogens with zero attached hydrogens (tertiary/aromatic N) is 4. The number of methoxy groups -OCH3 is 2. The maximum Gasteiger partial charge on any atom is 0.249 e. The fourth-order valence-electron chi connectivity index (χ4n) is 4.17. The first kappa shape index (κ1) is 26.6. The molecule has 10 heteroatoms. The second-order valence-corrected chi connectivity index (χ2v) is 9.73. The number of nitrogens with one attached hydrogen (secondary N) is 1. The van der Waals surface area contributed by atoms with Gasteiger partial charge in [-0.05, 0) is 75.4 Å². The fraction of sp³-hybridized carbons (Fsp3) is 0.286. The van der Waals surface area contributed by atoms with Crippen LogP contribution in [0.2, 0.25) is 0 Å². The van der Waals surface area contributed by atoms with E-state index < -0.39 is 29.2 Å². The van der Waals surface area contributed by atoms with E-state index >= 15 is 0 Å². The van der Waals surface area contributed by atoms with E-state index in [0.29, 0.717) is 33.8 Å². The largest absolute Gasteiger partial charge is 0.497 e. The van der Waals surface area contributed by atoms with E-state index in [2.05, 4.69) is 15.6 Å². The highest BCUT2D eigenvalue weighted by molar-refractivity contribution is 6.02. The SMILES string of the molecule is COc1ccc(OC)c(C(C(=O)NC(C)(C)C)N(C(=O)Cn2nnc3ccccc32)c2ccc(F)cc2)c1. The molecule has 0 spiro atoms. The summed E-state index contributed by atoms with van der Waals surface area (Å²) in [6.07, 6.45) is 0. The second kappa shape index (κ2) is 10.9. The van der Waals surface area contributed by atoms with E-state index in [1.807, 2.05) is 32.9 Å². The van der Waals surface area contributed by atoms with Crippen molar-refractivity contribution in [1.29, 1.82) is 0 Å². The van der Waals surface area contributed by atoms with Gasteiger partial charge in [0.05, 0.1) is 19.7 Å². The van der Waals surface area contributed by atoms with Crippen LogP contribution in [-0.2, 0) is 16.1 Å². The van der Waals surface area contributed by atoms with Gasteiger partial charge < -0.3 is 14.8 Å². The summed E-state index contributed by atoms with van der Waals surface area (Å²) in [6, 6.07) is 16.5. The molecule has 1 heterocycles. The Kier molecular flexibility index (Phi) is 7.61. The van der Waals surface area contributed by atoms with Crippen molar-refractivity contribution >= 4 is 28.5 Å². The lowest BCUT2D eigenvalue weighted by Crippen LogP contribution is -2.50. The van der Waals surface area contributed by atoms with Gasteiger partial charge in [-0.1, -0.05) is 17.3 Å². The summed E-state index contributed by atoms with van der Waals surface area (Å²) in [4.78, 5) is 29.3. The Hall–Kier alpha value is -4.47. The molecular weight excluding hydrogens is 489 g/mol. The highest BCUT2D eigenvalue weighted by Crippen LogP contribution is 2.36. The number of hydrogen-bond donors (Lipinski definition) is 1. The summed E-state index contributed by atoms with van der Waals surface area (Å²) in [5.41, 5.74) is 1.40. The maximum absolute atomic E-state index is 14.1. The zero-order chi connectivity index (χ0) is 27.4. The van der Waals surface area contributed by atoms with E-state index in [4.69, 9.17) is 9.47 Å². The molecule has 0 aliphatic rings. The van der Waals surface area contributed by atoms with E-state index in [1.165, 1.54) is 48.1 Å². The predicted octanol–water partition coefficient (Wildman–Crippen LogP) is 4.28. The lowest BCUT2D eigenvalue weighted by molar-refractivity contribution is -0.128. The Labute approximate surface area is 220 Å².